The molecule has 0 amide bonds. The third-order valence-electron chi connectivity index (χ3n) is 1.36. The predicted molar refractivity (Wildman–Crippen MR) is 41.4 cm³/mol. The second-order valence-electron chi connectivity index (χ2n) is 3.41. The number of aliphatic hydroxyl groups is 1. The summed E-state index contributed by atoms with van der Waals surface area (Å²) in [5.41, 5.74) is -1.33. The van der Waals surface area contributed by atoms with E-state index in [0.717, 1.165) is 0 Å². The first-order valence-electron chi connectivity index (χ1n) is 3.56. The van der Waals surface area contributed by atoms with Crippen LogP contribution in [0.3, 0.4) is 0 Å². The Kier molecular flexibility index (Phi) is 1.98. The van der Waals surface area contributed by atoms with Gasteiger partial charge in [-0.25, -0.2) is 8.42 Å². The van der Waals surface area contributed by atoms with Gasteiger partial charge in [0.1, 0.15) is 5.72 Å². The first-order chi connectivity index (χ1) is 4.81. The van der Waals surface area contributed by atoms with E-state index in [4.69, 9.17) is 5.11 Å². The average Bonchev–Trinajstić information content (AvgIpc) is 2.30. The largest absolute Gasteiger partial charge is 0.375 e. The van der Waals surface area contributed by atoms with Crippen molar-refractivity contribution >= 4 is 10.0 Å². The number of rotatable bonds is 3. The van der Waals surface area contributed by atoms with E-state index in [1.165, 1.54) is 13.8 Å². The zero-order valence-electron chi connectivity index (χ0n) is 6.66. The molecule has 0 aromatic rings. The van der Waals surface area contributed by atoms with Gasteiger partial charge >= 0.3 is 0 Å². The highest BCUT2D eigenvalue weighted by molar-refractivity contribution is 7.90. The van der Waals surface area contributed by atoms with Gasteiger partial charge < -0.3 is 5.11 Å². The molecule has 1 fully saturated rings. The molecule has 0 saturated heterocycles. The Bertz CT molecular complexity index is 235. The second-order valence-corrected chi connectivity index (χ2v) is 5.37. The maximum Gasteiger partial charge on any atom is 0.216 e. The summed E-state index contributed by atoms with van der Waals surface area (Å²) in [5.74, 6) is 0. The van der Waals surface area contributed by atoms with Crippen LogP contribution in [0.1, 0.15) is 26.7 Å². The standard InChI is InChI=1S/C6H13NO3S/c1-6(2,8)7-11(9,10)5-3-4-5/h5,7-8H,3-4H2,1-2H3. The van der Waals surface area contributed by atoms with Crippen molar-refractivity contribution in [3.05, 3.63) is 0 Å². The Morgan fingerprint density at radius 2 is 1.91 bits per heavy atom. The van der Waals surface area contributed by atoms with Crippen LogP contribution in [0.15, 0.2) is 0 Å². The fourth-order valence-electron chi connectivity index (χ4n) is 0.810. The van der Waals surface area contributed by atoms with Gasteiger partial charge in [0.15, 0.2) is 0 Å². The van der Waals surface area contributed by atoms with E-state index in [0.29, 0.717) is 12.8 Å². The molecule has 11 heavy (non-hydrogen) atoms. The molecule has 0 atom stereocenters. The van der Waals surface area contributed by atoms with Crippen molar-refractivity contribution in [2.24, 2.45) is 0 Å². The maximum atomic E-state index is 11.1. The Hall–Kier alpha value is -0.130. The molecule has 0 heterocycles. The van der Waals surface area contributed by atoms with Crippen molar-refractivity contribution in [1.29, 1.82) is 0 Å². The zero-order chi connectivity index (χ0) is 8.70. The smallest absolute Gasteiger partial charge is 0.216 e. The third kappa shape index (κ3) is 2.76. The molecule has 1 aliphatic rings. The van der Waals surface area contributed by atoms with Crippen molar-refractivity contribution in [3.63, 3.8) is 0 Å². The lowest BCUT2D eigenvalue weighted by molar-refractivity contribution is 0.0689. The molecule has 0 spiro atoms. The minimum Gasteiger partial charge on any atom is -0.375 e. The summed E-state index contributed by atoms with van der Waals surface area (Å²) in [6, 6.07) is 0. The summed E-state index contributed by atoms with van der Waals surface area (Å²) < 4.78 is 24.5. The van der Waals surface area contributed by atoms with E-state index in [2.05, 4.69) is 4.72 Å². The monoisotopic (exact) mass is 179 g/mol. The minimum atomic E-state index is -3.24. The summed E-state index contributed by atoms with van der Waals surface area (Å²) in [7, 11) is -3.24. The molecule has 0 aromatic carbocycles. The van der Waals surface area contributed by atoms with Gasteiger partial charge in [0.2, 0.25) is 10.0 Å². The lowest BCUT2D eigenvalue weighted by Gasteiger charge is -2.18. The minimum absolute atomic E-state index is 0.270. The van der Waals surface area contributed by atoms with Gasteiger partial charge in [-0.2, -0.15) is 4.72 Å². The summed E-state index contributed by atoms with van der Waals surface area (Å²) in [4.78, 5) is 0. The lowest BCUT2D eigenvalue weighted by Crippen LogP contribution is -2.44. The predicted octanol–water partition coefficient (Wildman–Crippen LogP) is -0.203. The molecule has 0 unspecified atom stereocenters. The van der Waals surface area contributed by atoms with Crippen LogP contribution in [0, 0.1) is 0 Å². The topological polar surface area (TPSA) is 66.4 Å². The number of hydrogen-bond acceptors (Lipinski definition) is 3. The van der Waals surface area contributed by atoms with Gasteiger partial charge in [-0.1, -0.05) is 0 Å². The van der Waals surface area contributed by atoms with E-state index >= 15 is 0 Å². The molecule has 5 heteroatoms. The highest BCUT2D eigenvalue weighted by atomic mass is 32.2. The highest BCUT2D eigenvalue weighted by Gasteiger charge is 2.38. The maximum absolute atomic E-state index is 11.1. The third-order valence-corrected chi connectivity index (χ3v) is 3.49. The Balaban J connectivity index is 2.60. The lowest BCUT2D eigenvalue weighted by atomic mass is 10.4. The molecule has 0 aliphatic heterocycles. The number of nitrogens with one attached hydrogen (secondary N) is 1. The quantitative estimate of drug-likeness (QED) is 0.589. The van der Waals surface area contributed by atoms with E-state index in [1.807, 2.05) is 0 Å². The molecule has 0 radical (unpaired) electrons. The number of hydrogen-bond donors (Lipinski definition) is 2. The van der Waals surface area contributed by atoms with E-state index < -0.39 is 15.7 Å². The molecular weight excluding hydrogens is 166 g/mol. The summed E-state index contributed by atoms with van der Waals surface area (Å²) in [6.07, 6.45) is 1.43. The van der Waals surface area contributed by atoms with Gasteiger partial charge in [-0.3, -0.25) is 0 Å². The summed E-state index contributed by atoms with van der Waals surface area (Å²) >= 11 is 0. The molecule has 0 aromatic heterocycles. The molecule has 4 nitrogen and oxygen atoms in total. The first kappa shape index (κ1) is 8.96. The first-order valence-corrected chi connectivity index (χ1v) is 5.11. The van der Waals surface area contributed by atoms with Crippen LogP contribution in [-0.2, 0) is 10.0 Å². The van der Waals surface area contributed by atoms with E-state index in [1.54, 1.807) is 0 Å². The van der Waals surface area contributed by atoms with E-state index in [9.17, 15) is 8.42 Å². The summed E-state index contributed by atoms with van der Waals surface area (Å²) in [6.45, 7) is 2.82. The van der Waals surface area contributed by atoms with E-state index in [-0.39, 0.29) is 5.25 Å². The Morgan fingerprint density at radius 3 is 2.18 bits per heavy atom. The fraction of sp³-hybridized carbons (Fsp3) is 1.00. The summed E-state index contributed by atoms with van der Waals surface area (Å²) in [5, 5.41) is 8.87. The molecule has 1 rings (SSSR count). The molecular formula is C6H13NO3S. The zero-order valence-corrected chi connectivity index (χ0v) is 7.48. The molecule has 1 aliphatic carbocycles. The van der Waals surface area contributed by atoms with Gasteiger partial charge in [0, 0.05) is 0 Å². The fourth-order valence-corrected chi connectivity index (χ4v) is 2.43. The molecule has 1 saturated carbocycles. The van der Waals surface area contributed by atoms with Crippen LogP contribution >= 0.6 is 0 Å². The van der Waals surface area contributed by atoms with Crippen molar-refractivity contribution in [3.8, 4) is 0 Å². The normalized spacial score (nSPS) is 20.3. The highest BCUT2D eigenvalue weighted by Crippen LogP contribution is 2.28. The van der Waals surface area contributed by atoms with Crippen LogP contribution in [0.25, 0.3) is 0 Å². The van der Waals surface area contributed by atoms with Crippen molar-refractivity contribution in [2.45, 2.75) is 37.7 Å². The number of sulfonamides is 1. The Labute approximate surface area is 66.7 Å². The van der Waals surface area contributed by atoms with Crippen LogP contribution in [0.4, 0.5) is 0 Å². The van der Waals surface area contributed by atoms with Gasteiger partial charge in [0.25, 0.3) is 0 Å². The molecule has 0 bridgehead atoms. The Morgan fingerprint density at radius 1 is 1.45 bits per heavy atom. The van der Waals surface area contributed by atoms with Gasteiger partial charge in [-0.15, -0.1) is 0 Å². The second kappa shape index (κ2) is 2.43. The van der Waals surface area contributed by atoms with Gasteiger partial charge in [0.05, 0.1) is 5.25 Å². The van der Waals surface area contributed by atoms with Crippen LogP contribution < -0.4 is 4.72 Å². The average molecular weight is 179 g/mol. The SMILES string of the molecule is CC(C)(O)NS(=O)(=O)C1CC1. The molecule has 66 valence electrons. The van der Waals surface area contributed by atoms with Crippen molar-refractivity contribution in [2.75, 3.05) is 0 Å². The van der Waals surface area contributed by atoms with Crippen LogP contribution in [0.5, 0.6) is 0 Å². The van der Waals surface area contributed by atoms with Crippen LogP contribution in [-0.4, -0.2) is 24.5 Å². The van der Waals surface area contributed by atoms with Gasteiger partial charge in [-0.05, 0) is 26.7 Å². The van der Waals surface area contributed by atoms with Crippen molar-refractivity contribution < 1.29 is 13.5 Å². The van der Waals surface area contributed by atoms with Crippen molar-refractivity contribution in [1.82, 2.24) is 4.72 Å². The van der Waals surface area contributed by atoms with Crippen LogP contribution in [0.2, 0.25) is 0 Å². The molecule has 2 N–H and O–H groups in total.